The van der Waals surface area contributed by atoms with E-state index in [0.29, 0.717) is 5.95 Å². The Morgan fingerprint density at radius 2 is 1.71 bits per heavy atom. The van der Waals surface area contributed by atoms with Crippen molar-refractivity contribution in [2.24, 2.45) is 0 Å². The summed E-state index contributed by atoms with van der Waals surface area (Å²) in [5, 5.41) is 3.63. The fraction of sp³-hybridized carbons (Fsp3) is 0.455. The summed E-state index contributed by atoms with van der Waals surface area (Å²) in [7, 11) is 0. The first-order valence-electron chi connectivity index (χ1n) is 6.32. The number of nitrogens with zero attached hydrogens (tertiary/aromatic N) is 6. The largest absolute Gasteiger partial charge is 0.419 e. The van der Waals surface area contributed by atoms with Gasteiger partial charge in [0.15, 0.2) is 0 Å². The van der Waals surface area contributed by atoms with Crippen LogP contribution in [-0.2, 0) is 6.18 Å². The normalized spacial score (nSPS) is 15.7. The molecule has 2 N–H and O–H groups in total. The molecule has 0 atom stereocenters. The maximum Gasteiger partial charge on any atom is 0.419 e. The quantitative estimate of drug-likeness (QED) is 0.898. The molecule has 7 nitrogen and oxygen atoms in total. The minimum atomic E-state index is -4.46. The van der Waals surface area contributed by atoms with Crippen molar-refractivity contribution in [3.63, 3.8) is 0 Å². The zero-order valence-corrected chi connectivity index (χ0v) is 10.9. The Kier molecular flexibility index (Phi) is 3.15. The Labute approximate surface area is 117 Å². The third kappa shape index (κ3) is 2.73. The van der Waals surface area contributed by atoms with Crippen molar-refractivity contribution in [3.8, 4) is 5.95 Å². The van der Waals surface area contributed by atoms with Crippen LogP contribution in [0.1, 0.15) is 18.4 Å². The second-order valence-corrected chi connectivity index (χ2v) is 4.66. The zero-order chi connectivity index (χ0) is 15.0. The van der Waals surface area contributed by atoms with E-state index in [0.717, 1.165) is 43.0 Å². The molecule has 21 heavy (non-hydrogen) atoms. The number of aromatic nitrogens is 5. The lowest BCUT2D eigenvalue weighted by Gasteiger charge is -2.15. The van der Waals surface area contributed by atoms with E-state index in [2.05, 4.69) is 20.1 Å². The van der Waals surface area contributed by atoms with Crippen LogP contribution in [0.3, 0.4) is 0 Å². The summed E-state index contributed by atoms with van der Waals surface area (Å²) in [5.74, 6) is 0.282. The molecule has 0 amide bonds. The van der Waals surface area contributed by atoms with Gasteiger partial charge in [-0.2, -0.15) is 33.2 Å². The predicted octanol–water partition coefficient (Wildman–Crippen LogP) is 1.26. The third-order valence-corrected chi connectivity index (χ3v) is 3.13. The molecule has 0 spiro atoms. The summed E-state index contributed by atoms with van der Waals surface area (Å²) >= 11 is 0. The number of hydrogen-bond donors (Lipinski definition) is 1. The summed E-state index contributed by atoms with van der Waals surface area (Å²) in [5.41, 5.74) is 4.73. The van der Waals surface area contributed by atoms with E-state index in [1.54, 1.807) is 0 Å². The van der Waals surface area contributed by atoms with Gasteiger partial charge in [-0.15, -0.1) is 0 Å². The van der Waals surface area contributed by atoms with Crippen molar-refractivity contribution in [2.45, 2.75) is 19.0 Å². The van der Waals surface area contributed by atoms with Crippen molar-refractivity contribution in [1.82, 2.24) is 24.7 Å². The van der Waals surface area contributed by atoms with Crippen LogP contribution in [0.5, 0.6) is 0 Å². The standard InChI is InChI=1S/C11H12F3N7/c12-11(13,14)7-5-16-21(6-7)10-18-8(15)17-9(19-10)20-3-1-2-4-20/h5-6H,1-4H2,(H2,15,17,18,19). The highest BCUT2D eigenvalue weighted by Crippen LogP contribution is 2.29. The lowest BCUT2D eigenvalue weighted by molar-refractivity contribution is -0.137. The Morgan fingerprint density at radius 1 is 1.05 bits per heavy atom. The number of hydrogen-bond acceptors (Lipinski definition) is 6. The first-order chi connectivity index (χ1) is 9.93. The van der Waals surface area contributed by atoms with Gasteiger partial charge in [-0.05, 0) is 12.8 Å². The fourth-order valence-corrected chi connectivity index (χ4v) is 2.11. The molecule has 0 unspecified atom stereocenters. The number of rotatable bonds is 2. The van der Waals surface area contributed by atoms with E-state index in [1.807, 2.05) is 4.90 Å². The van der Waals surface area contributed by atoms with Crippen LogP contribution >= 0.6 is 0 Å². The maximum atomic E-state index is 12.6. The van der Waals surface area contributed by atoms with Crippen LogP contribution < -0.4 is 10.6 Å². The summed E-state index contributed by atoms with van der Waals surface area (Å²) in [6, 6.07) is 0. The van der Waals surface area contributed by atoms with E-state index in [-0.39, 0.29) is 11.9 Å². The second-order valence-electron chi connectivity index (χ2n) is 4.66. The molecule has 3 rings (SSSR count). The Morgan fingerprint density at radius 3 is 2.33 bits per heavy atom. The molecule has 0 radical (unpaired) electrons. The van der Waals surface area contributed by atoms with Gasteiger partial charge in [-0.1, -0.05) is 0 Å². The average molecular weight is 299 g/mol. The molecule has 10 heteroatoms. The minimum Gasteiger partial charge on any atom is -0.368 e. The van der Waals surface area contributed by atoms with Crippen molar-refractivity contribution in [2.75, 3.05) is 23.7 Å². The third-order valence-electron chi connectivity index (χ3n) is 3.13. The SMILES string of the molecule is Nc1nc(N2CCCC2)nc(-n2cc(C(F)(F)F)cn2)n1. The molecule has 0 bridgehead atoms. The zero-order valence-electron chi connectivity index (χ0n) is 10.9. The predicted molar refractivity (Wildman–Crippen MR) is 67.8 cm³/mol. The van der Waals surface area contributed by atoms with E-state index in [4.69, 9.17) is 5.73 Å². The van der Waals surface area contributed by atoms with Gasteiger partial charge in [0.25, 0.3) is 5.95 Å². The number of nitrogens with two attached hydrogens (primary N) is 1. The van der Waals surface area contributed by atoms with Gasteiger partial charge in [0.1, 0.15) is 0 Å². The van der Waals surface area contributed by atoms with Crippen molar-refractivity contribution in [3.05, 3.63) is 18.0 Å². The van der Waals surface area contributed by atoms with Gasteiger partial charge in [0, 0.05) is 19.3 Å². The minimum absolute atomic E-state index is 0.0279. The average Bonchev–Trinajstić information content (AvgIpc) is 3.09. The lowest BCUT2D eigenvalue weighted by atomic mass is 10.4. The van der Waals surface area contributed by atoms with Gasteiger partial charge < -0.3 is 10.6 Å². The smallest absolute Gasteiger partial charge is 0.368 e. The first-order valence-corrected chi connectivity index (χ1v) is 6.32. The fourth-order valence-electron chi connectivity index (χ4n) is 2.11. The first kappa shape index (κ1) is 13.6. The van der Waals surface area contributed by atoms with Gasteiger partial charge in [-0.3, -0.25) is 0 Å². The van der Waals surface area contributed by atoms with Gasteiger partial charge in [0.05, 0.1) is 11.8 Å². The topological polar surface area (TPSA) is 85.8 Å². The van der Waals surface area contributed by atoms with Crippen LogP contribution in [-0.4, -0.2) is 37.8 Å². The molecule has 2 aromatic heterocycles. The summed E-state index contributed by atoms with van der Waals surface area (Å²) in [6.07, 6.45) is -0.894. The van der Waals surface area contributed by atoms with Crippen LogP contribution in [0.15, 0.2) is 12.4 Å². The van der Waals surface area contributed by atoms with Gasteiger partial charge in [-0.25, -0.2) is 4.68 Å². The second kappa shape index (κ2) is 4.86. The van der Waals surface area contributed by atoms with E-state index in [9.17, 15) is 13.2 Å². The molecule has 3 heterocycles. The number of nitrogen functional groups attached to an aromatic ring is 1. The summed E-state index contributed by atoms with van der Waals surface area (Å²) < 4.78 is 38.7. The number of alkyl halides is 3. The molecule has 0 aliphatic carbocycles. The Bertz CT molecular complexity index is 646. The van der Waals surface area contributed by atoms with Crippen molar-refractivity contribution in [1.29, 1.82) is 0 Å². The van der Waals surface area contributed by atoms with E-state index >= 15 is 0 Å². The summed E-state index contributed by atoms with van der Waals surface area (Å²) in [4.78, 5) is 13.9. The lowest BCUT2D eigenvalue weighted by Crippen LogP contribution is -2.22. The highest BCUT2D eigenvalue weighted by Gasteiger charge is 2.32. The number of anilines is 2. The van der Waals surface area contributed by atoms with Crippen LogP contribution in [0.25, 0.3) is 5.95 Å². The molecular formula is C11H12F3N7. The Balaban J connectivity index is 1.96. The Hall–Kier alpha value is -2.39. The molecule has 1 aliphatic heterocycles. The molecular weight excluding hydrogens is 287 g/mol. The molecule has 1 aliphatic rings. The van der Waals surface area contributed by atoms with E-state index in [1.165, 1.54) is 0 Å². The molecule has 0 saturated carbocycles. The van der Waals surface area contributed by atoms with Crippen LogP contribution in [0.4, 0.5) is 25.1 Å². The van der Waals surface area contributed by atoms with Gasteiger partial charge >= 0.3 is 6.18 Å². The maximum absolute atomic E-state index is 12.6. The monoisotopic (exact) mass is 299 g/mol. The van der Waals surface area contributed by atoms with Crippen molar-refractivity contribution >= 4 is 11.9 Å². The molecule has 1 saturated heterocycles. The van der Waals surface area contributed by atoms with Crippen molar-refractivity contribution < 1.29 is 13.2 Å². The summed E-state index contributed by atoms with van der Waals surface area (Å²) in [6.45, 7) is 1.58. The highest BCUT2D eigenvalue weighted by atomic mass is 19.4. The van der Waals surface area contributed by atoms with Crippen LogP contribution in [0.2, 0.25) is 0 Å². The molecule has 0 aromatic carbocycles. The van der Waals surface area contributed by atoms with Gasteiger partial charge in [0.2, 0.25) is 11.9 Å². The van der Waals surface area contributed by atoms with E-state index < -0.39 is 11.7 Å². The number of halogens is 3. The highest BCUT2D eigenvalue weighted by molar-refractivity contribution is 5.38. The van der Waals surface area contributed by atoms with Crippen LogP contribution in [0, 0.1) is 0 Å². The molecule has 1 fully saturated rings. The molecule has 112 valence electrons. The molecule has 2 aromatic rings.